The average Bonchev–Trinajstić information content (AvgIpc) is 3.15. The fourth-order valence-corrected chi connectivity index (χ4v) is 7.04. The number of rotatable bonds is 42. The number of aliphatic imine (C=N–C) groups is 1. The van der Waals surface area contributed by atoms with E-state index in [9.17, 15) is 9.59 Å². The molecule has 0 bridgehead atoms. The second-order valence-corrected chi connectivity index (χ2v) is 15.5. The van der Waals surface area contributed by atoms with Crippen LogP contribution in [0.25, 0.3) is 0 Å². The standard InChI is InChI=1S/C46H89N3O4/c1-6-10-13-16-19-23-28-35-44(34-27-22-18-15-12-8-3)53-46(51)36-29-24-21-25-30-38-49(41-33-40-48(9-4)43-47-5)39-32-37-45(50)52-42-31-26-20-17-14-11-7-2/h9,43-44H,4,6-8,10-42H2,1-3,5H3. The Morgan fingerprint density at radius 3 is 1.55 bits per heavy atom. The molecule has 0 aliphatic heterocycles. The second-order valence-electron chi connectivity index (χ2n) is 15.5. The Labute approximate surface area is 329 Å². The molecule has 0 aromatic rings. The summed E-state index contributed by atoms with van der Waals surface area (Å²) in [5, 5.41) is 0. The molecule has 53 heavy (non-hydrogen) atoms. The first-order valence-corrected chi connectivity index (χ1v) is 22.9. The number of hydrogen-bond acceptors (Lipinski definition) is 6. The summed E-state index contributed by atoms with van der Waals surface area (Å²) in [4.78, 5) is 33.8. The van der Waals surface area contributed by atoms with Crippen molar-refractivity contribution >= 4 is 18.3 Å². The molecule has 312 valence electrons. The Bertz CT molecular complexity index is 836. The number of unbranched alkanes of at least 4 members (excludes halogenated alkanes) is 21. The van der Waals surface area contributed by atoms with Gasteiger partial charge >= 0.3 is 11.9 Å². The van der Waals surface area contributed by atoms with Crippen molar-refractivity contribution in [2.24, 2.45) is 4.99 Å². The van der Waals surface area contributed by atoms with Crippen LogP contribution < -0.4 is 0 Å². The van der Waals surface area contributed by atoms with Gasteiger partial charge in [0.1, 0.15) is 6.10 Å². The first-order chi connectivity index (χ1) is 26.0. The Hall–Kier alpha value is -1.89. The molecule has 0 N–H and O–H groups in total. The van der Waals surface area contributed by atoms with Crippen molar-refractivity contribution in [3.8, 4) is 0 Å². The van der Waals surface area contributed by atoms with E-state index in [0.29, 0.717) is 19.4 Å². The van der Waals surface area contributed by atoms with Gasteiger partial charge in [-0.15, -0.1) is 0 Å². The predicted molar refractivity (Wildman–Crippen MR) is 229 cm³/mol. The topological polar surface area (TPSA) is 71.4 Å². The van der Waals surface area contributed by atoms with Gasteiger partial charge < -0.3 is 19.3 Å². The Morgan fingerprint density at radius 1 is 0.547 bits per heavy atom. The second kappa shape index (κ2) is 41.3. The van der Waals surface area contributed by atoms with Gasteiger partial charge in [0.2, 0.25) is 0 Å². The lowest BCUT2D eigenvalue weighted by Crippen LogP contribution is -2.30. The number of nitrogens with zero attached hydrogens (tertiary/aromatic N) is 3. The van der Waals surface area contributed by atoms with Crippen LogP contribution in [0.15, 0.2) is 17.8 Å². The van der Waals surface area contributed by atoms with E-state index in [0.717, 1.165) is 96.8 Å². The molecule has 0 fully saturated rings. The zero-order valence-electron chi connectivity index (χ0n) is 35.9. The Balaban J connectivity index is 4.48. The van der Waals surface area contributed by atoms with Crippen molar-refractivity contribution in [3.05, 3.63) is 12.8 Å². The summed E-state index contributed by atoms with van der Waals surface area (Å²) in [7, 11) is 1.78. The van der Waals surface area contributed by atoms with E-state index in [1.165, 1.54) is 116 Å². The molecular weight excluding hydrogens is 659 g/mol. The summed E-state index contributed by atoms with van der Waals surface area (Å²) >= 11 is 0. The zero-order chi connectivity index (χ0) is 38.9. The van der Waals surface area contributed by atoms with E-state index in [4.69, 9.17) is 9.47 Å². The molecule has 0 aromatic heterocycles. The highest BCUT2D eigenvalue weighted by atomic mass is 16.5. The fourth-order valence-electron chi connectivity index (χ4n) is 7.04. The van der Waals surface area contributed by atoms with E-state index in [2.05, 4.69) is 37.2 Å². The van der Waals surface area contributed by atoms with Crippen LogP contribution in [-0.2, 0) is 19.1 Å². The molecule has 0 amide bonds. The molecule has 0 saturated heterocycles. The molecule has 7 heteroatoms. The van der Waals surface area contributed by atoms with Crippen molar-refractivity contribution < 1.29 is 19.1 Å². The third-order valence-electron chi connectivity index (χ3n) is 10.4. The van der Waals surface area contributed by atoms with Gasteiger partial charge in [-0.25, -0.2) is 0 Å². The maximum atomic E-state index is 12.8. The first kappa shape index (κ1) is 51.1. The SMILES string of the molecule is C=CN(C=NC)CCCN(CCCCCCCC(=O)OC(CCCCCCCC)CCCCCCCCC)CCCC(=O)OCCCCCCCCC. The number of carbonyl (C=O) groups excluding carboxylic acids is 2. The van der Waals surface area contributed by atoms with Crippen LogP contribution in [-0.4, -0.2) is 74.0 Å². The fraction of sp³-hybridized carbons (Fsp3) is 0.891. The van der Waals surface area contributed by atoms with Gasteiger partial charge in [-0.1, -0.05) is 156 Å². The maximum absolute atomic E-state index is 12.8. The molecule has 0 spiro atoms. The van der Waals surface area contributed by atoms with E-state index < -0.39 is 0 Å². The van der Waals surface area contributed by atoms with Gasteiger partial charge in [0, 0.05) is 26.4 Å². The van der Waals surface area contributed by atoms with Gasteiger partial charge in [0.15, 0.2) is 0 Å². The van der Waals surface area contributed by atoms with Crippen LogP contribution in [0.1, 0.15) is 220 Å². The summed E-state index contributed by atoms with van der Waals surface area (Å²) in [5.41, 5.74) is 0. The normalized spacial score (nSPS) is 12.1. The molecule has 7 nitrogen and oxygen atoms in total. The summed E-state index contributed by atoms with van der Waals surface area (Å²) in [6, 6.07) is 0. The lowest BCUT2D eigenvalue weighted by atomic mass is 10.0. The van der Waals surface area contributed by atoms with Crippen LogP contribution in [0.4, 0.5) is 0 Å². The minimum absolute atomic E-state index is 0.0118. The summed E-state index contributed by atoms with van der Waals surface area (Å²) in [6.45, 7) is 15.0. The molecule has 0 heterocycles. The van der Waals surface area contributed by atoms with Crippen LogP contribution >= 0.6 is 0 Å². The molecule has 0 aromatic carbocycles. The van der Waals surface area contributed by atoms with Crippen LogP contribution in [0.2, 0.25) is 0 Å². The maximum Gasteiger partial charge on any atom is 0.306 e. The molecule has 0 aliphatic rings. The third-order valence-corrected chi connectivity index (χ3v) is 10.4. The number of esters is 2. The Kier molecular flexibility index (Phi) is 39.8. The number of ether oxygens (including phenoxy) is 2. The van der Waals surface area contributed by atoms with Crippen molar-refractivity contribution in [3.63, 3.8) is 0 Å². The number of hydrogen-bond donors (Lipinski definition) is 0. The van der Waals surface area contributed by atoms with Crippen molar-refractivity contribution in [1.29, 1.82) is 0 Å². The monoisotopic (exact) mass is 748 g/mol. The molecule has 0 saturated carbocycles. The third kappa shape index (κ3) is 36.8. The quantitative estimate of drug-likeness (QED) is 0.0268. The van der Waals surface area contributed by atoms with E-state index in [1.807, 2.05) is 17.4 Å². The minimum atomic E-state index is -0.0574. The molecule has 0 radical (unpaired) electrons. The van der Waals surface area contributed by atoms with E-state index in [-0.39, 0.29) is 18.0 Å². The minimum Gasteiger partial charge on any atom is -0.466 e. The van der Waals surface area contributed by atoms with Crippen molar-refractivity contribution in [1.82, 2.24) is 9.80 Å². The van der Waals surface area contributed by atoms with Gasteiger partial charge in [-0.2, -0.15) is 0 Å². The molecule has 1 unspecified atom stereocenters. The molecule has 0 aliphatic carbocycles. The molecule has 0 rings (SSSR count). The highest BCUT2D eigenvalue weighted by molar-refractivity contribution is 5.69. The number of carbonyl (C=O) groups is 2. The highest BCUT2D eigenvalue weighted by Gasteiger charge is 2.15. The lowest BCUT2D eigenvalue weighted by Gasteiger charge is -2.23. The predicted octanol–water partition coefficient (Wildman–Crippen LogP) is 13.0. The summed E-state index contributed by atoms with van der Waals surface area (Å²) in [6.07, 6.45) is 39.5. The van der Waals surface area contributed by atoms with Gasteiger partial charge in [-0.05, 0) is 83.6 Å². The van der Waals surface area contributed by atoms with Crippen LogP contribution in [0.3, 0.4) is 0 Å². The van der Waals surface area contributed by atoms with Crippen LogP contribution in [0.5, 0.6) is 0 Å². The largest absolute Gasteiger partial charge is 0.466 e. The van der Waals surface area contributed by atoms with E-state index >= 15 is 0 Å². The van der Waals surface area contributed by atoms with Crippen LogP contribution in [0, 0.1) is 0 Å². The van der Waals surface area contributed by atoms with Crippen molar-refractivity contribution in [2.75, 3.05) is 39.8 Å². The van der Waals surface area contributed by atoms with Gasteiger partial charge in [0.05, 0.1) is 12.9 Å². The van der Waals surface area contributed by atoms with Gasteiger partial charge in [0.25, 0.3) is 0 Å². The van der Waals surface area contributed by atoms with Gasteiger partial charge in [-0.3, -0.25) is 14.6 Å². The molecular formula is C46H89N3O4. The average molecular weight is 748 g/mol. The molecule has 1 atom stereocenters. The summed E-state index contributed by atoms with van der Waals surface area (Å²) < 4.78 is 11.6. The first-order valence-electron chi connectivity index (χ1n) is 22.9. The summed E-state index contributed by atoms with van der Waals surface area (Å²) in [5.74, 6) is -0.0456. The smallest absolute Gasteiger partial charge is 0.306 e. The lowest BCUT2D eigenvalue weighted by molar-refractivity contribution is -0.150. The highest BCUT2D eigenvalue weighted by Crippen LogP contribution is 2.18. The van der Waals surface area contributed by atoms with E-state index in [1.54, 1.807) is 7.05 Å². The Morgan fingerprint density at radius 2 is 1.00 bits per heavy atom. The zero-order valence-corrected chi connectivity index (χ0v) is 35.9. The van der Waals surface area contributed by atoms with Crippen molar-refractivity contribution in [2.45, 2.75) is 226 Å².